The summed E-state index contributed by atoms with van der Waals surface area (Å²) in [5, 5.41) is 0.619. The van der Waals surface area contributed by atoms with Crippen LogP contribution >= 0.6 is 11.6 Å². The van der Waals surface area contributed by atoms with Crippen LogP contribution in [0.5, 0.6) is 5.75 Å². The number of nitrogens with one attached hydrogen (secondary N) is 1. The highest BCUT2D eigenvalue weighted by molar-refractivity contribution is 7.84. The maximum atomic E-state index is 13.3. The lowest BCUT2D eigenvalue weighted by Crippen LogP contribution is -2.48. The Hall–Kier alpha value is -2.35. The quantitative estimate of drug-likeness (QED) is 0.209. The van der Waals surface area contributed by atoms with Crippen molar-refractivity contribution in [1.29, 1.82) is 0 Å². The first-order chi connectivity index (χ1) is 24.2. The van der Waals surface area contributed by atoms with Crippen molar-refractivity contribution in [2.24, 2.45) is 29.6 Å². The topological polar surface area (TPSA) is 61.9 Å². The minimum atomic E-state index is -1.44. The Bertz CT molecular complexity index is 1510. The summed E-state index contributed by atoms with van der Waals surface area (Å²) < 4.78 is 21.8. The zero-order valence-corrected chi connectivity index (χ0v) is 32.5. The van der Waals surface area contributed by atoms with Crippen LogP contribution in [0.4, 0.5) is 5.69 Å². The molecule has 0 bridgehead atoms. The smallest absolute Gasteiger partial charge is 0.263 e. The van der Waals surface area contributed by atoms with E-state index >= 15 is 0 Å². The van der Waals surface area contributed by atoms with Crippen molar-refractivity contribution in [3.8, 4) is 5.75 Å². The molecule has 3 fully saturated rings. The average Bonchev–Trinajstić information content (AvgIpc) is 3.28. The number of rotatable bonds is 13. The van der Waals surface area contributed by atoms with Crippen LogP contribution in [0, 0.1) is 29.6 Å². The van der Waals surface area contributed by atoms with Gasteiger partial charge in [-0.15, -0.1) is 0 Å². The first-order valence-electron chi connectivity index (χ1n) is 19.6. The Balaban J connectivity index is 1.26. The molecule has 50 heavy (non-hydrogen) atoms. The van der Waals surface area contributed by atoms with E-state index in [0.29, 0.717) is 29.9 Å². The molecular weight excluding hydrogens is 662 g/mol. The number of carbonyl (C=O) groups is 1. The molecule has 2 aliphatic carbocycles. The minimum Gasteiger partial charge on any atom is -0.491 e. The second-order valence-electron chi connectivity index (χ2n) is 15.8. The Morgan fingerprint density at radius 1 is 1.04 bits per heavy atom. The predicted molar refractivity (Wildman–Crippen MR) is 209 cm³/mol. The molecule has 2 aliphatic heterocycles. The van der Waals surface area contributed by atoms with Gasteiger partial charge in [0.2, 0.25) is 0 Å². The Kier molecular flexibility index (Phi) is 13.1. The molecule has 2 aromatic carbocycles. The molecule has 7 unspecified atom stereocenters. The number of carbonyl (C=O) groups excluding carboxylic acids is 1. The van der Waals surface area contributed by atoms with Gasteiger partial charge < -0.3 is 14.5 Å². The lowest BCUT2D eigenvalue weighted by molar-refractivity contribution is 0.0508. The van der Waals surface area contributed by atoms with E-state index in [0.717, 1.165) is 60.6 Å². The van der Waals surface area contributed by atoms with Crippen LogP contribution < -0.4 is 14.4 Å². The third-order valence-electron chi connectivity index (χ3n) is 12.1. The van der Waals surface area contributed by atoms with Gasteiger partial charge in [0.15, 0.2) is 0 Å². The number of amides is 1. The van der Waals surface area contributed by atoms with Gasteiger partial charge in [0.1, 0.15) is 16.7 Å². The maximum absolute atomic E-state index is 13.3. The van der Waals surface area contributed by atoms with E-state index < -0.39 is 11.0 Å². The third-order valence-corrected chi connectivity index (χ3v) is 13.6. The minimum absolute atomic E-state index is 0.156. The summed E-state index contributed by atoms with van der Waals surface area (Å²) in [5.41, 5.74) is 4.08. The highest BCUT2D eigenvalue weighted by Crippen LogP contribution is 2.45. The van der Waals surface area contributed by atoms with Gasteiger partial charge in [0.25, 0.3) is 5.91 Å². The summed E-state index contributed by atoms with van der Waals surface area (Å²) in [6.07, 6.45) is 17.6. The first-order valence-corrected chi connectivity index (χ1v) is 21.2. The number of aryl methyl sites for hydroxylation is 1. The molecule has 1 saturated heterocycles. The average molecular weight is 722 g/mol. The van der Waals surface area contributed by atoms with Gasteiger partial charge in [0, 0.05) is 47.9 Å². The summed E-state index contributed by atoms with van der Waals surface area (Å²) in [7, 11) is -1.44. The fraction of sp³-hybridized carbons (Fsp3) is 0.643. The number of likely N-dealkylation sites (tertiary alicyclic amines) is 1. The zero-order valence-electron chi connectivity index (χ0n) is 30.9. The predicted octanol–water partition coefficient (Wildman–Crippen LogP) is 9.20. The van der Waals surface area contributed by atoms with Crippen molar-refractivity contribution in [1.82, 2.24) is 9.62 Å². The molecule has 274 valence electrons. The molecule has 1 N–H and O–H groups in total. The molecule has 6 rings (SSSR count). The summed E-state index contributed by atoms with van der Waals surface area (Å²) in [5.74, 6) is 4.28. The van der Waals surface area contributed by atoms with Gasteiger partial charge in [-0.25, -0.2) is 4.21 Å². The highest BCUT2D eigenvalue weighted by Gasteiger charge is 2.40. The molecule has 2 aromatic rings. The van der Waals surface area contributed by atoms with E-state index in [2.05, 4.69) is 52.7 Å². The number of hydrogen-bond acceptors (Lipinski definition) is 5. The van der Waals surface area contributed by atoms with E-state index in [9.17, 15) is 9.00 Å². The van der Waals surface area contributed by atoms with Crippen LogP contribution in [0.15, 0.2) is 48.6 Å². The highest BCUT2D eigenvalue weighted by atomic mass is 35.5. The van der Waals surface area contributed by atoms with Gasteiger partial charge in [-0.05, 0) is 130 Å². The fourth-order valence-electron chi connectivity index (χ4n) is 9.18. The molecule has 1 amide bonds. The normalized spacial score (nSPS) is 26.8. The van der Waals surface area contributed by atoms with Crippen molar-refractivity contribution in [2.45, 2.75) is 103 Å². The van der Waals surface area contributed by atoms with E-state index in [-0.39, 0.29) is 17.1 Å². The van der Waals surface area contributed by atoms with E-state index in [1.54, 1.807) is 0 Å². The molecule has 4 aliphatic rings. The second-order valence-corrected chi connectivity index (χ2v) is 18.0. The van der Waals surface area contributed by atoms with Gasteiger partial charge in [-0.3, -0.25) is 9.52 Å². The van der Waals surface area contributed by atoms with Gasteiger partial charge in [0.05, 0.1) is 12.3 Å². The summed E-state index contributed by atoms with van der Waals surface area (Å²) in [4.78, 5) is 18.6. The summed E-state index contributed by atoms with van der Waals surface area (Å²) in [6.45, 7) is 14.2. The second kappa shape index (κ2) is 17.4. The number of halogens is 1. The number of allylic oxidation sites excluding steroid dienone is 1. The number of fused-ring (bicyclic) bond motifs is 2. The van der Waals surface area contributed by atoms with Crippen molar-refractivity contribution in [3.63, 3.8) is 0 Å². The van der Waals surface area contributed by atoms with Crippen LogP contribution in [0.2, 0.25) is 5.02 Å². The molecular formula is C42H60ClN3O3S. The number of piperidine rings is 1. The van der Waals surface area contributed by atoms with Crippen LogP contribution in [0.1, 0.15) is 113 Å². The van der Waals surface area contributed by atoms with Crippen molar-refractivity contribution in [2.75, 3.05) is 44.2 Å². The number of nitrogens with zero attached hydrogens (tertiary/aromatic N) is 2. The molecule has 8 heteroatoms. The zero-order chi connectivity index (χ0) is 35.2. The van der Waals surface area contributed by atoms with Gasteiger partial charge in [-0.1, -0.05) is 69.4 Å². The molecule has 2 heterocycles. The van der Waals surface area contributed by atoms with Gasteiger partial charge in [-0.2, -0.15) is 0 Å². The van der Waals surface area contributed by atoms with E-state index in [1.807, 2.05) is 38.1 Å². The molecule has 2 saturated carbocycles. The summed E-state index contributed by atoms with van der Waals surface area (Å²) >= 11 is 6.50. The van der Waals surface area contributed by atoms with Crippen LogP contribution in [-0.2, 0) is 17.4 Å². The largest absolute Gasteiger partial charge is 0.491 e. The lowest BCUT2D eigenvalue weighted by Gasteiger charge is -2.47. The molecule has 0 spiro atoms. The number of ether oxygens (including phenoxy) is 1. The molecule has 6 nitrogen and oxygen atoms in total. The number of benzene rings is 2. The Morgan fingerprint density at radius 3 is 2.60 bits per heavy atom. The number of hydrogen-bond donors (Lipinski definition) is 1. The Labute approximate surface area is 309 Å². The molecule has 0 aromatic heterocycles. The maximum Gasteiger partial charge on any atom is 0.263 e. The van der Waals surface area contributed by atoms with Crippen molar-refractivity contribution < 1.29 is 13.7 Å². The number of anilines is 1. The van der Waals surface area contributed by atoms with Crippen LogP contribution in [0.25, 0.3) is 0 Å². The van der Waals surface area contributed by atoms with Gasteiger partial charge >= 0.3 is 0 Å². The van der Waals surface area contributed by atoms with E-state index in [1.165, 1.54) is 75.7 Å². The lowest BCUT2D eigenvalue weighted by atomic mass is 9.66. The molecule has 0 radical (unpaired) electrons. The van der Waals surface area contributed by atoms with Crippen molar-refractivity contribution in [3.05, 3.63) is 70.3 Å². The van der Waals surface area contributed by atoms with Crippen LogP contribution in [-0.4, -0.2) is 59.6 Å². The standard InChI is InChI=1S/C42H60ClN3O3S/c1-5-7-11-34(25-45-21-20-30-12-8-9-13-33(30)24-45)39-17-14-35(39)26-46-27-36(38-18-16-37(43)22-31(38)10-6-2)28-49-41-19-15-32(23-40(41)46)42(47)44-50(48)29(3)4/h7,11,15-16,18-19,22-23,29-30,33-36,39H,5-6,8-10,12-14,17,20-21,24-28H2,1-4H3,(H,44,47)/b11-7+. The van der Waals surface area contributed by atoms with E-state index in [4.69, 9.17) is 16.3 Å². The van der Waals surface area contributed by atoms with Crippen LogP contribution in [0.3, 0.4) is 0 Å². The monoisotopic (exact) mass is 721 g/mol. The SMILES string of the molecule is CC/C=C/C(CN1CCC2CCCCC2C1)C1CCC1CN1CC(c2ccc(Cl)cc2CCC)COc2ccc(C(=O)NS(=O)C(C)C)cc21. The fourth-order valence-corrected chi connectivity index (χ4v) is 9.91. The van der Waals surface area contributed by atoms with Crippen molar-refractivity contribution >= 4 is 34.2 Å². The third kappa shape index (κ3) is 8.98. The first kappa shape index (κ1) is 37.4. The Morgan fingerprint density at radius 2 is 1.86 bits per heavy atom. The molecule has 7 atom stereocenters. The summed E-state index contributed by atoms with van der Waals surface area (Å²) in [6, 6.07) is 12.1.